The minimum absolute atomic E-state index is 0.0948. The highest BCUT2D eigenvalue weighted by Gasteiger charge is 2.14. The van der Waals surface area contributed by atoms with Crippen molar-refractivity contribution in [1.29, 1.82) is 0 Å². The third kappa shape index (κ3) is 4.56. The van der Waals surface area contributed by atoms with E-state index in [0.717, 1.165) is 12.1 Å². The number of Topliss-reactive ketones (excluding diaryl/α,β-unsaturated/α-hetero) is 1. The van der Waals surface area contributed by atoms with Gasteiger partial charge in [0.1, 0.15) is 11.3 Å². The normalized spacial score (nSPS) is 10.4. The molecule has 0 aliphatic carbocycles. The minimum atomic E-state index is -1.25. The number of aromatic hydroxyl groups is 3. The molecule has 8 heteroatoms. The van der Waals surface area contributed by atoms with Crippen molar-refractivity contribution in [3.05, 3.63) is 71.8 Å². The minimum Gasteiger partial charge on any atom is -0.507 e. The SMILES string of the molecule is O=C(CC(=O)c1ccc(O)c(O)c1)Nc1ccc(-c2ccc(O)c(C(=O)O)c2)cc1. The first-order valence-electron chi connectivity index (χ1n) is 8.76. The van der Waals surface area contributed by atoms with Crippen LogP contribution in [0.15, 0.2) is 60.7 Å². The highest BCUT2D eigenvalue weighted by Crippen LogP contribution is 2.27. The van der Waals surface area contributed by atoms with E-state index in [1.165, 1.54) is 18.2 Å². The first-order chi connectivity index (χ1) is 14.2. The van der Waals surface area contributed by atoms with Gasteiger partial charge in [0.05, 0.1) is 6.42 Å². The van der Waals surface area contributed by atoms with Gasteiger partial charge in [0.2, 0.25) is 5.91 Å². The Hall–Kier alpha value is -4.33. The van der Waals surface area contributed by atoms with Crippen LogP contribution in [0.3, 0.4) is 0 Å². The zero-order chi connectivity index (χ0) is 21.8. The lowest BCUT2D eigenvalue weighted by atomic mass is 10.0. The number of benzene rings is 3. The topological polar surface area (TPSA) is 144 Å². The molecule has 152 valence electrons. The zero-order valence-electron chi connectivity index (χ0n) is 15.5. The second kappa shape index (κ2) is 8.36. The summed E-state index contributed by atoms with van der Waals surface area (Å²) in [6, 6.07) is 14.3. The van der Waals surface area contributed by atoms with Gasteiger partial charge in [-0.2, -0.15) is 0 Å². The van der Waals surface area contributed by atoms with Gasteiger partial charge in [0, 0.05) is 11.3 Å². The van der Waals surface area contributed by atoms with E-state index in [1.807, 2.05) is 0 Å². The largest absolute Gasteiger partial charge is 0.507 e. The van der Waals surface area contributed by atoms with Gasteiger partial charge in [-0.25, -0.2) is 4.79 Å². The van der Waals surface area contributed by atoms with Crippen LogP contribution < -0.4 is 5.32 Å². The number of carboxylic acids is 1. The van der Waals surface area contributed by atoms with Crippen LogP contribution in [-0.4, -0.2) is 38.1 Å². The van der Waals surface area contributed by atoms with Crippen LogP contribution in [0.5, 0.6) is 17.2 Å². The maximum atomic E-state index is 12.1. The molecular weight excluding hydrogens is 390 g/mol. The molecule has 5 N–H and O–H groups in total. The molecule has 0 aliphatic rings. The summed E-state index contributed by atoms with van der Waals surface area (Å²) in [7, 11) is 0. The Labute approximate surface area is 170 Å². The molecule has 0 aromatic heterocycles. The fourth-order valence-electron chi connectivity index (χ4n) is 2.78. The summed E-state index contributed by atoms with van der Waals surface area (Å²) in [5.74, 6) is -3.47. The Morgan fingerprint density at radius 3 is 2.00 bits per heavy atom. The molecule has 0 saturated heterocycles. The molecule has 0 bridgehead atoms. The number of phenols is 3. The van der Waals surface area contributed by atoms with Gasteiger partial charge in [0.15, 0.2) is 17.3 Å². The molecule has 8 nitrogen and oxygen atoms in total. The number of carbonyl (C=O) groups excluding carboxylic acids is 2. The summed E-state index contributed by atoms with van der Waals surface area (Å²) in [5, 5.41) is 40.0. The molecule has 1 amide bonds. The van der Waals surface area contributed by atoms with Crippen molar-refractivity contribution < 1.29 is 34.8 Å². The molecule has 3 rings (SSSR count). The van der Waals surface area contributed by atoms with Crippen LogP contribution >= 0.6 is 0 Å². The van der Waals surface area contributed by atoms with E-state index in [9.17, 15) is 29.7 Å². The van der Waals surface area contributed by atoms with Crippen molar-refractivity contribution in [2.45, 2.75) is 6.42 Å². The van der Waals surface area contributed by atoms with E-state index in [-0.39, 0.29) is 22.6 Å². The summed E-state index contributed by atoms with van der Waals surface area (Å²) in [5.41, 5.74) is 1.56. The number of hydrogen-bond acceptors (Lipinski definition) is 6. The molecule has 0 fully saturated rings. The highest BCUT2D eigenvalue weighted by atomic mass is 16.4. The second-order valence-corrected chi connectivity index (χ2v) is 6.47. The molecule has 0 radical (unpaired) electrons. The second-order valence-electron chi connectivity index (χ2n) is 6.47. The van der Waals surface area contributed by atoms with E-state index in [2.05, 4.69) is 5.32 Å². The average molecular weight is 407 g/mol. The summed E-state index contributed by atoms with van der Waals surface area (Å²) < 4.78 is 0. The summed E-state index contributed by atoms with van der Waals surface area (Å²) in [4.78, 5) is 35.4. The average Bonchev–Trinajstić information content (AvgIpc) is 2.70. The molecule has 30 heavy (non-hydrogen) atoms. The number of carboxylic acid groups (broad SMARTS) is 1. The van der Waals surface area contributed by atoms with E-state index in [0.29, 0.717) is 16.8 Å². The number of hydrogen-bond donors (Lipinski definition) is 5. The molecule has 0 saturated carbocycles. The van der Waals surface area contributed by atoms with Crippen LogP contribution in [0.1, 0.15) is 27.1 Å². The Kier molecular flexibility index (Phi) is 5.68. The van der Waals surface area contributed by atoms with Crippen LogP contribution in [0, 0.1) is 0 Å². The molecule has 0 spiro atoms. The van der Waals surface area contributed by atoms with Gasteiger partial charge in [-0.05, 0) is 53.6 Å². The van der Waals surface area contributed by atoms with Crippen molar-refractivity contribution in [3.8, 4) is 28.4 Å². The molecular formula is C22H17NO7. The summed E-state index contributed by atoms with van der Waals surface area (Å²) in [6.07, 6.45) is -0.452. The molecule has 0 atom stereocenters. The third-order valence-electron chi connectivity index (χ3n) is 4.35. The molecule has 0 aliphatic heterocycles. The lowest BCUT2D eigenvalue weighted by Crippen LogP contribution is -2.16. The van der Waals surface area contributed by atoms with E-state index < -0.39 is 29.8 Å². The van der Waals surface area contributed by atoms with Gasteiger partial charge in [-0.1, -0.05) is 18.2 Å². The lowest BCUT2D eigenvalue weighted by molar-refractivity contribution is -0.115. The zero-order valence-corrected chi connectivity index (χ0v) is 15.5. The highest BCUT2D eigenvalue weighted by molar-refractivity contribution is 6.11. The fourth-order valence-corrected chi connectivity index (χ4v) is 2.78. The number of carbonyl (C=O) groups is 3. The van der Waals surface area contributed by atoms with Gasteiger partial charge in [-0.3, -0.25) is 9.59 Å². The van der Waals surface area contributed by atoms with Gasteiger partial charge >= 0.3 is 5.97 Å². The van der Waals surface area contributed by atoms with Crippen molar-refractivity contribution in [3.63, 3.8) is 0 Å². The Morgan fingerprint density at radius 2 is 1.37 bits per heavy atom. The van der Waals surface area contributed by atoms with Crippen LogP contribution in [0.2, 0.25) is 0 Å². The van der Waals surface area contributed by atoms with Gasteiger partial charge in [-0.15, -0.1) is 0 Å². The van der Waals surface area contributed by atoms with E-state index in [4.69, 9.17) is 5.11 Å². The maximum Gasteiger partial charge on any atom is 0.339 e. The predicted molar refractivity (Wildman–Crippen MR) is 108 cm³/mol. The van der Waals surface area contributed by atoms with Crippen molar-refractivity contribution in [2.75, 3.05) is 5.32 Å². The third-order valence-corrected chi connectivity index (χ3v) is 4.35. The molecule has 0 unspecified atom stereocenters. The molecule has 0 heterocycles. The molecule has 3 aromatic carbocycles. The fraction of sp³-hybridized carbons (Fsp3) is 0.0455. The standard InChI is InChI=1S/C22H17NO7/c24-17-7-3-13(9-16(17)22(29)30)12-1-5-15(6-2-12)23-21(28)11-19(26)14-4-8-18(25)20(27)10-14/h1-10,24-25,27H,11H2,(H,23,28)(H,29,30). The first kappa shape index (κ1) is 20.4. The monoisotopic (exact) mass is 407 g/mol. The van der Waals surface area contributed by atoms with Crippen LogP contribution in [-0.2, 0) is 4.79 Å². The number of amides is 1. The van der Waals surface area contributed by atoms with Gasteiger partial charge in [0.25, 0.3) is 0 Å². The number of nitrogens with one attached hydrogen (secondary N) is 1. The smallest absolute Gasteiger partial charge is 0.339 e. The summed E-state index contributed by atoms with van der Waals surface area (Å²) in [6.45, 7) is 0. The Balaban J connectivity index is 1.67. The van der Waals surface area contributed by atoms with Crippen molar-refractivity contribution in [1.82, 2.24) is 0 Å². The van der Waals surface area contributed by atoms with Crippen molar-refractivity contribution in [2.24, 2.45) is 0 Å². The Bertz CT molecular complexity index is 1140. The number of phenolic OH excluding ortho intramolecular Hbond substituents is 2. The summed E-state index contributed by atoms with van der Waals surface area (Å²) >= 11 is 0. The molecule has 3 aromatic rings. The number of aromatic carboxylic acids is 1. The van der Waals surface area contributed by atoms with E-state index >= 15 is 0 Å². The number of ketones is 1. The first-order valence-corrected chi connectivity index (χ1v) is 8.76. The quantitative estimate of drug-likeness (QED) is 0.239. The Morgan fingerprint density at radius 1 is 0.733 bits per heavy atom. The lowest BCUT2D eigenvalue weighted by Gasteiger charge is -2.08. The maximum absolute atomic E-state index is 12.1. The number of anilines is 1. The van der Waals surface area contributed by atoms with Crippen molar-refractivity contribution >= 4 is 23.3 Å². The number of rotatable bonds is 6. The van der Waals surface area contributed by atoms with E-state index in [1.54, 1.807) is 30.3 Å². The van der Waals surface area contributed by atoms with Crippen LogP contribution in [0.4, 0.5) is 5.69 Å². The van der Waals surface area contributed by atoms with Crippen LogP contribution in [0.25, 0.3) is 11.1 Å². The van der Waals surface area contributed by atoms with Gasteiger partial charge < -0.3 is 25.7 Å². The predicted octanol–water partition coefficient (Wildman–Crippen LogP) is 3.38.